The van der Waals surface area contributed by atoms with Gasteiger partial charge in [0.2, 0.25) is 18.6 Å². The number of nitrogens with zero attached hydrogens (tertiary/aromatic N) is 2. The molecule has 2 fully saturated rings. The Morgan fingerprint density at radius 3 is 2.08 bits per heavy atom. The number of hydrogen-bond acceptors (Lipinski definition) is 10. The molecular weight excluding hydrogens is 690 g/mol. The SMILES string of the molecule is CCOC(=O)[C@H](CNC(=O)CNC(=O)C(CCC1CCN(C(=O)O)CC1)CCC1CCN(C(=O)OC(C)(C)C)CC1)NC(=O)c1ccc2c(c1)OCO2. The quantitative estimate of drug-likeness (QED) is 0.191. The van der Waals surface area contributed by atoms with Gasteiger partial charge in [0.1, 0.15) is 11.6 Å². The molecule has 3 aliphatic rings. The molecule has 0 spiro atoms. The number of carboxylic acid groups (broad SMARTS) is 1. The normalized spacial score (nSPS) is 17.4. The number of carbonyl (C=O) groups is 6. The van der Waals surface area contributed by atoms with Crippen LogP contribution >= 0.6 is 0 Å². The summed E-state index contributed by atoms with van der Waals surface area (Å²) in [7, 11) is 0. The zero-order valence-electron chi connectivity index (χ0n) is 31.3. The van der Waals surface area contributed by atoms with Gasteiger partial charge in [-0.25, -0.2) is 14.4 Å². The first kappa shape index (κ1) is 41.0. The van der Waals surface area contributed by atoms with Crippen LogP contribution in [-0.4, -0.2) is 115 Å². The lowest BCUT2D eigenvalue weighted by Gasteiger charge is -2.34. The number of ether oxygens (including phenoxy) is 4. The van der Waals surface area contributed by atoms with E-state index >= 15 is 0 Å². The summed E-state index contributed by atoms with van der Waals surface area (Å²) in [4.78, 5) is 79.0. The van der Waals surface area contributed by atoms with E-state index in [9.17, 15) is 33.9 Å². The van der Waals surface area contributed by atoms with Crippen LogP contribution in [0, 0.1) is 17.8 Å². The van der Waals surface area contributed by atoms with Crippen molar-refractivity contribution in [3.63, 3.8) is 0 Å². The largest absolute Gasteiger partial charge is 0.465 e. The summed E-state index contributed by atoms with van der Waals surface area (Å²) in [5.41, 5.74) is -0.335. The predicted molar refractivity (Wildman–Crippen MR) is 191 cm³/mol. The van der Waals surface area contributed by atoms with Crippen LogP contribution in [0.25, 0.3) is 0 Å². The molecule has 1 aromatic rings. The minimum atomic E-state index is -1.19. The van der Waals surface area contributed by atoms with Crippen LogP contribution in [0.3, 0.4) is 0 Å². The highest BCUT2D eigenvalue weighted by Gasteiger charge is 2.30. The van der Waals surface area contributed by atoms with Crippen molar-refractivity contribution in [2.45, 2.75) is 90.7 Å². The number of fused-ring (bicyclic) bond motifs is 1. The van der Waals surface area contributed by atoms with Gasteiger partial charge >= 0.3 is 18.2 Å². The van der Waals surface area contributed by atoms with E-state index in [-0.39, 0.29) is 50.0 Å². The molecule has 0 aliphatic carbocycles. The molecule has 0 radical (unpaired) electrons. The van der Waals surface area contributed by atoms with Crippen molar-refractivity contribution < 1.29 is 52.8 Å². The number of amides is 5. The smallest absolute Gasteiger partial charge is 0.410 e. The minimum absolute atomic E-state index is 0.0416. The van der Waals surface area contributed by atoms with Crippen molar-refractivity contribution >= 4 is 35.9 Å². The monoisotopic (exact) mass is 745 g/mol. The van der Waals surface area contributed by atoms with E-state index in [2.05, 4.69) is 16.0 Å². The molecule has 3 aliphatic heterocycles. The number of piperidine rings is 2. The summed E-state index contributed by atoms with van der Waals surface area (Å²) in [5.74, 6) is -0.925. The van der Waals surface area contributed by atoms with Crippen molar-refractivity contribution in [2.75, 3.05) is 52.7 Å². The maximum atomic E-state index is 13.5. The fourth-order valence-electron chi connectivity index (χ4n) is 6.73. The number of rotatable bonds is 15. The van der Waals surface area contributed by atoms with Gasteiger partial charge in [0.05, 0.1) is 13.2 Å². The molecule has 53 heavy (non-hydrogen) atoms. The highest BCUT2D eigenvalue weighted by Crippen LogP contribution is 2.33. The van der Waals surface area contributed by atoms with Crippen LogP contribution in [0.1, 0.15) is 89.4 Å². The molecular formula is C37H55N5O11. The van der Waals surface area contributed by atoms with E-state index in [1.807, 2.05) is 20.8 Å². The van der Waals surface area contributed by atoms with E-state index in [4.69, 9.17) is 18.9 Å². The summed E-state index contributed by atoms with van der Waals surface area (Å²) >= 11 is 0. The Kier molecular flexibility index (Phi) is 15.0. The average molecular weight is 746 g/mol. The van der Waals surface area contributed by atoms with E-state index in [1.165, 1.54) is 17.0 Å². The molecule has 16 heteroatoms. The minimum Gasteiger partial charge on any atom is -0.465 e. The maximum Gasteiger partial charge on any atom is 0.410 e. The number of benzene rings is 1. The Bertz CT molecular complexity index is 1450. The zero-order chi connectivity index (χ0) is 38.5. The van der Waals surface area contributed by atoms with Gasteiger partial charge in [0.15, 0.2) is 11.5 Å². The summed E-state index contributed by atoms with van der Waals surface area (Å²) in [6.07, 6.45) is 4.59. The van der Waals surface area contributed by atoms with Gasteiger partial charge in [0.25, 0.3) is 5.91 Å². The second-order valence-corrected chi connectivity index (χ2v) is 14.8. The fraction of sp³-hybridized carbons (Fsp3) is 0.676. The number of hydrogen-bond donors (Lipinski definition) is 4. The first-order chi connectivity index (χ1) is 25.2. The van der Waals surface area contributed by atoms with Crippen LogP contribution < -0.4 is 25.4 Å². The van der Waals surface area contributed by atoms with Crippen LogP contribution in [-0.2, 0) is 23.9 Å². The third-order valence-corrected chi connectivity index (χ3v) is 9.81. The Morgan fingerprint density at radius 2 is 1.49 bits per heavy atom. The second-order valence-electron chi connectivity index (χ2n) is 14.8. The second kappa shape index (κ2) is 19.4. The maximum absolute atomic E-state index is 13.5. The third-order valence-electron chi connectivity index (χ3n) is 9.81. The van der Waals surface area contributed by atoms with Crippen molar-refractivity contribution in [3.05, 3.63) is 23.8 Å². The summed E-state index contributed by atoms with van der Waals surface area (Å²) < 4.78 is 21.2. The number of carbonyl (C=O) groups excluding carboxylic acids is 5. The van der Waals surface area contributed by atoms with Crippen molar-refractivity contribution in [1.29, 1.82) is 0 Å². The molecule has 1 aromatic carbocycles. The van der Waals surface area contributed by atoms with Gasteiger partial charge < -0.3 is 49.8 Å². The summed E-state index contributed by atoms with van der Waals surface area (Å²) in [5, 5.41) is 17.3. The van der Waals surface area contributed by atoms with Crippen LogP contribution in [0.4, 0.5) is 9.59 Å². The summed E-state index contributed by atoms with van der Waals surface area (Å²) in [6, 6.07) is 3.43. The highest BCUT2D eigenvalue weighted by atomic mass is 16.7. The van der Waals surface area contributed by atoms with E-state index in [1.54, 1.807) is 17.9 Å². The number of esters is 1. The molecule has 2 atom stereocenters. The molecule has 4 N–H and O–H groups in total. The number of likely N-dealkylation sites (tertiary alicyclic amines) is 2. The molecule has 294 valence electrons. The zero-order valence-corrected chi connectivity index (χ0v) is 31.3. The van der Waals surface area contributed by atoms with Gasteiger partial charge in [-0.15, -0.1) is 0 Å². The van der Waals surface area contributed by atoms with E-state index < -0.39 is 35.5 Å². The van der Waals surface area contributed by atoms with Gasteiger partial charge in [-0.3, -0.25) is 14.4 Å². The third kappa shape index (κ3) is 13.0. The van der Waals surface area contributed by atoms with Gasteiger partial charge in [-0.1, -0.05) is 0 Å². The molecule has 0 aromatic heterocycles. The van der Waals surface area contributed by atoms with Gasteiger partial charge in [0, 0.05) is 44.2 Å². The Morgan fingerprint density at radius 1 is 0.887 bits per heavy atom. The standard InChI is InChI=1S/C37H55N5O11/c1-5-50-34(46)28(40-33(45)27-10-11-29-30(20-27)52-23-51-29)21-38-31(43)22-39-32(44)26(8-6-24-12-16-41(17-13-24)35(47)48)9-7-25-14-18-42(19-15-25)36(49)53-37(2,3)4/h10-11,20,24-26,28H,5-9,12-19,21-23H2,1-4H3,(H,38,43)(H,39,44)(H,40,45)(H,47,48)/t26?,28-/m0/s1. The molecule has 4 rings (SSSR count). The first-order valence-corrected chi connectivity index (χ1v) is 18.6. The van der Waals surface area contributed by atoms with E-state index in [0.717, 1.165) is 38.5 Å². The van der Waals surface area contributed by atoms with Crippen molar-refractivity contribution in [3.8, 4) is 11.5 Å². The molecule has 1 unspecified atom stereocenters. The van der Waals surface area contributed by atoms with Crippen LogP contribution in [0.2, 0.25) is 0 Å². The molecule has 2 saturated heterocycles. The molecule has 3 heterocycles. The lowest BCUT2D eigenvalue weighted by atomic mass is 9.84. The van der Waals surface area contributed by atoms with Crippen molar-refractivity contribution in [2.24, 2.45) is 17.8 Å². The fourth-order valence-corrected chi connectivity index (χ4v) is 6.73. The lowest BCUT2D eigenvalue weighted by molar-refractivity contribution is -0.145. The lowest BCUT2D eigenvalue weighted by Crippen LogP contribution is -2.50. The van der Waals surface area contributed by atoms with Crippen LogP contribution in [0.15, 0.2) is 18.2 Å². The first-order valence-electron chi connectivity index (χ1n) is 18.6. The van der Waals surface area contributed by atoms with Crippen molar-refractivity contribution in [1.82, 2.24) is 25.8 Å². The molecule has 5 amide bonds. The Labute approximate surface area is 310 Å². The van der Waals surface area contributed by atoms with E-state index in [0.29, 0.717) is 62.4 Å². The predicted octanol–water partition coefficient (Wildman–Crippen LogP) is 3.52. The average Bonchev–Trinajstić information content (AvgIpc) is 3.60. The molecule has 16 nitrogen and oxygen atoms in total. The Balaban J connectivity index is 1.28. The molecule has 0 saturated carbocycles. The van der Waals surface area contributed by atoms with Crippen LogP contribution in [0.5, 0.6) is 11.5 Å². The summed E-state index contributed by atoms with van der Waals surface area (Å²) in [6.45, 7) is 8.78. The highest BCUT2D eigenvalue weighted by molar-refractivity contribution is 5.97. The Hall–Kier alpha value is -4.76. The number of nitrogens with one attached hydrogen (secondary N) is 3. The van der Waals surface area contributed by atoms with Gasteiger partial charge in [-0.05, 0) is 109 Å². The topological polar surface area (TPSA) is 202 Å². The molecule has 0 bridgehead atoms. The van der Waals surface area contributed by atoms with Gasteiger partial charge in [-0.2, -0.15) is 0 Å².